The number of methoxy groups -OCH3 is 1. The monoisotopic (exact) mass is 530 g/mol. The number of hydrogen-bond acceptors (Lipinski definition) is 6. The Hall–Kier alpha value is -3.81. The summed E-state index contributed by atoms with van der Waals surface area (Å²) < 4.78 is 13.1. The third-order valence-corrected chi connectivity index (χ3v) is 8.50. The molecule has 206 valence electrons. The number of likely N-dealkylation sites (tertiary alicyclic amines) is 1. The number of benzene rings is 2. The van der Waals surface area contributed by atoms with E-state index in [2.05, 4.69) is 50.2 Å². The number of nitrogens with zero attached hydrogens (tertiary/aromatic N) is 3. The average Bonchev–Trinajstić information content (AvgIpc) is 3.55. The van der Waals surface area contributed by atoms with Gasteiger partial charge in [0.1, 0.15) is 23.2 Å². The standard InChI is InChI=1S/C31H38N4O4/c1-6-31(7-2)17-24(39-23-15-13-22(14-16-23)29(37)38-5)20-34(31)28(36)25-19-32-35-27(25)33-26(18-30(35,3)4)21-11-9-8-10-12-21/h8-16,19,24,26,33H,6-7,17-18,20H2,1-5H3. The lowest BCUT2D eigenvalue weighted by molar-refractivity contribution is 0.0568. The van der Waals surface area contributed by atoms with Crippen LogP contribution in [0.1, 0.15) is 85.7 Å². The molecule has 2 atom stereocenters. The van der Waals surface area contributed by atoms with Gasteiger partial charge in [0.15, 0.2) is 0 Å². The number of nitrogens with one attached hydrogen (secondary N) is 1. The van der Waals surface area contributed by atoms with Crippen LogP contribution < -0.4 is 10.1 Å². The van der Waals surface area contributed by atoms with Crippen LogP contribution in [-0.4, -0.2) is 51.9 Å². The van der Waals surface area contributed by atoms with Gasteiger partial charge in [0.2, 0.25) is 0 Å². The molecule has 39 heavy (non-hydrogen) atoms. The molecular weight excluding hydrogens is 492 g/mol. The molecule has 2 aromatic carbocycles. The molecule has 5 rings (SSSR count). The summed E-state index contributed by atoms with van der Waals surface area (Å²) >= 11 is 0. The highest BCUT2D eigenvalue weighted by Gasteiger charge is 2.48. The predicted octanol–water partition coefficient (Wildman–Crippen LogP) is 5.81. The number of anilines is 1. The SMILES string of the molecule is CCC1(CC)CC(Oc2ccc(C(=O)OC)cc2)CN1C(=O)c1cnn2c1NC(c1ccccc1)CC2(C)C. The molecule has 2 aliphatic rings. The van der Waals surface area contributed by atoms with Crippen molar-refractivity contribution < 1.29 is 19.1 Å². The average molecular weight is 531 g/mol. The zero-order valence-corrected chi connectivity index (χ0v) is 23.4. The Balaban J connectivity index is 1.41. The van der Waals surface area contributed by atoms with Crippen LogP contribution in [0.25, 0.3) is 0 Å². The second kappa shape index (κ2) is 10.4. The van der Waals surface area contributed by atoms with Gasteiger partial charge in [-0.3, -0.25) is 4.79 Å². The van der Waals surface area contributed by atoms with Crippen molar-refractivity contribution >= 4 is 17.7 Å². The number of hydrogen-bond donors (Lipinski definition) is 1. The molecule has 1 saturated heterocycles. The van der Waals surface area contributed by atoms with Crippen LogP contribution in [0.4, 0.5) is 5.82 Å². The van der Waals surface area contributed by atoms with E-state index in [9.17, 15) is 9.59 Å². The van der Waals surface area contributed by atoms with Crippen LogP contribution in [0.5, 0.6) is 5.75 Å². The number of carbonyl (C=O) groups is 2. The second-order valence-electron chi connectivity index (χ2n) is 11.2. The normalized spacial score (nSPS) is 21.1. The molecule has 2 unspecified atom stereocenters. The fourth-order valence-electron chi connectivity index (χ4n) is 6.21. The molecule has 0 saturated carbocycles. The Morgan fingerprint density at radius 2 is 1.72 bits per heavy atom. The Labute approximate surface area is 230 Å². The summed E-state index contributed by atoms with van der Waals surface area (Å²) in [6.07, 6.45) is 4.80. The van der Waals surface area contributed by atoms with Crippen LogP contribution in [0.15, 0.2) is 60.8 Å². The van der Waals surface area contributed by atoms with E-state index in [0.717, 1.165) is 31.5 Å². The first kappa shape index (κ1) is 26.8. The highest BCUT2D eigenvalue weighted by Crippen LogP contribution is 2.43. The molecule has 3 aromatic rings. The Morgan fingerprint density at radius 3 is 2.36 bits per heavy atom. The molecule has 0 bridgehead atoms. The van der Waals surface area contributed by atoms with Gasteiger partial charge in [-0.15, -0.1) is 0 Å². The summed E-state index contributed by atoms with van der Waals surface area (Å²) in [6, 6.07) is 17.4. The van der Waals surface area contributed by atoms with Gasteiger partial charge in [0, 0.05) is 12.0 Å². The van der Waals surface area contributed by atoms with E-state index in [4.69, 9.17) is 9.47 Å². The van der Waals surface area contributed by atoms with Gasteiger partial charge in [-0.25, -0.2) is 9.48 Å². The van der Waals surface area contributed by atoms with Crippen LogP contribution in [0, 0.1) is 0 Å². The predicted molar refractivity (Wildman–Crippen MR) is 150 cm³/mol. The van der Waals surface area contributed by atoms with Crippen molar-refractivity contribution in [1.82, 2.24) is 14.7 Å². The van der Waals surface area contributed by atoms with Crippen molar-refractivity contribution in [3.63, 3.8) is 0 Å². The van der Waals surface area contributed by atoms with E-state index in [-0.39, 0.29) is 35.1 Å². The number of aromatic nitrogens is 2. The quantitative estimate of drug-likeness (QED) is 0.388. The van der Waals surface area contributed by atoms with Crippen molar-refractivity contribution in [1.29, 1.82) is 0 Å². The molecule has 0 spiro atoms. The fraction of sp³-hybridized carbons (Fsp3) is 0.452. The van der Waals surface area contributed by atoms with Crippen molar-refractivity contribution in [2.24, 2.45) is 0 Å². The third kappa shape index (κ3) is 4.88. The number of carbonyl (C=O) groups excluding carboxylic acids is 2. The maximum atomic E-state index is 14.2. The fourth-order valence-corrected chi connectivity index (χ4v) is 6.21. The lowest BCUT2D eigenvalue weighted by Crippen LogP contribution is -2.47. The van der Waals surface area contributed by atoms with E-state index in [1.165, 1.54) is 12.7 Å². The first-order valence-electron chi connectivity index (χ1n) is 13.8. The zero-order valence-electron chi connectivity index (χ0n) is 23.4. The largest absolute Gasteiger partial charge is 0.488 e. The van der Waals surface area contributed by atoms with E-state index in [1.54, 1.807) is 30.5 Å². The van der Waals surface area contributed by atoms with Crippen molar-refractivity contribution in [2.45, 2.75) is 76.6 Å². The Kier molecular flexibility index (Phi) is 7.14. The molecular formula is C31H38N4O4. The second-order valence-corrected chi connectivity index (χ2v) is 11.2. The van der Waals surface area contributed by atoms with Crippen LogP contribution >= 0.6 is 0 Å². The summed E-state index contributed by atoms with van der Waals surface area (Å²) in [5.74, 6) is 1.03. The molecule has 3 heterocycles. The molecule has 1 N–H and O–H groups in total. The summed E-state index contributed by atoms with van der Waals surface area (Å²) in [5, 5.41) is 8.32. The number of esters is 1. The van der Waals surface area contributed by atoms with Crippen molar-refractivity contribution in [3.05, 3.63) is 77.5 Å². The first-order valence-corrected chi connectivity index (χ1v) is 13.8. The van der Waals surface area contributed by atoms with Crippen molar-refractivity contribution in [2.75, 3.05) is 19.0 Å². The molecule has 0 radical (unpaired) electrons. The molecule has 1 fully saturated rings. The minimum absolute atomic E-state index is 0.0240. The topological polar surface area (TPSA) is 85.7 Å². The van der Waals surface area contributed by atoms with Crippen LogP contribution in [0.3, 0.4) is 0 Å². The lowest BCUT2D eigenvalue weighted by atomic mass is 9.88. The minimum atomic E-state index is -0.383. The van der Waals surface area contributed by atoms with Gasteiger partial charge in [-0.1, -0.05) is 44.2 Å². The van der Waals surface area contributed by atoms with Crippen LogP contribution in [0.2, 0.25) is 0 Å². The van der Waals surface area contributed by atoms with Crippen LogP contribution in [-0.2, 0) is 10.3 Å². The summed E-state index contributed by atoms with van der Waals surface area (Å²) in [4.78, 5) is 28.0. The van der Waals surface area contributed by atoms with Gasteiger partial charge < -0.3 is 19.7 Å². The molecule has 0 aliphatic carbocycles. The summed E-state index contributed by atoms with van der Waals surface area (Å²) in [6.45, 7) is 9.09. The van der Waals surface area contributed by atoms with E-state index in [0.29, 0.717) is 23.4 Å². The molecule has 8 nitrogen and oxygen atoms in total. The van der Waals surface area contributed by atoms with E-state index < -0.39 is 0 Å². The van der Waals surface area contributed by atoms with E-state index in [1.807, 2.05) is 27.8 Å². The number of amides is 1. The lowest BCUT2D eigenvalue weighted by Gasteiger charge is -2.39. The molecule has 2 aliphatic heterocycles. The maximum Gasteiger partial charge on any atom is 0.337 e. The molecule has 8 heteroatoms. The highest BCUT2D eigenvalue weighted by molar-refractivity contribution is 5.99. The minimum Gasteiger partial charge on any atom is -0.488 e. The van der Waals surface area contributed by atoms with Gasteiger partial charge in [-0.05, 0) is 62.9 Å². The molecule has 1 amide bonds. The van der Waals surface area contributed by atoms with Crippen molar-refractivity contribution in [3.8, 4) is 5.75 Å². The number of rotatable bonds is 7. The third-order valence-electron chi connectivity index (χ3n) is 8.50. The van der Waals surface area contributed by atoms with Gasteiger partial charge in [0.05, 0.1) is 37.0 Å². The van der Waals surface area contributed by atoms with Gasteiger partial charge in [-0.2, -0.15) is 5.10 Å². The number of ether oxygens (including phenoxy) is 2. The Morgan fingerprint density at radius 1 is 1.03 bits per heavy atom. The zero-order chi connectivity index (χ0) is 27.8. The van der Waals surface area contributed by atoms with Gasteiger partial charge in [0.25, 0.3) is 5.91 Å². The first-order chi connectivity index (χ1) is 18.7. The summed E-state index contributed by atoms with van der Waals surface area (Å²) in [7, 11) is 1.36. The molecule has 1 aromatic heterocycles. The van der Waals surface area contributed by atoms with E-state index >= 15 is 0 Å². The van der Waals surface area contributed by atoms with Gasteiger partial charge >= 0.3 is 5.97 Å². The number of fused-ring (bicyclic) bond motifs is 1. The summed E-state index contributed by atoms with van der Waals surface area (Å²) in [5.41, 5.74) is 1.70. The smallest absolute Gasteiger partial charge is 0.337 e. The highest BCUT2D eigenvalue weighted by atomic mass is 16.5. The Bertz CT molecular complexity index is 1330. The maximum absolute atomic E-state index is 14.2.